The van der Waals surface area contributed by atoms with E-state index >= 15 is 0 Å². The zero-order valence-electron chi connectivity index (χ0n) is 20.6. The lowest BCUT2D eigenvalue weighted by atomic mass is 10.0. The van der Waals surface area contributed by atoms with Crippen LogP contribution in [-0.4, -0.2) is 5.97 Å². The molecule has 0 heterocycles. The average molecular weight is 431 g/mol. The number of carbonyl (C=O) groups excluding carboxylic acids is 1. The summed E-state index contributed by atoms with van der Waals surface area (Å²) in [4.78, 5) is 11.8. The second kappa shape index (κ2) is 21.9. The van der Waals surface area contributed by atoms with Gasteiger partial charge in [-0.1, -0.05) is 153 Å². The van der Waals surface area contributed by atoms with Crippen LogP contribution in [0.5, 0.6) is 0 Å². The SMILES string of the molecule is CCCCCCCCCCCCCCCCCCCCCC(=O)OCc1ccccc1. The molecule has 0 aromatic heterocycles. The lowest BCUT2D eigenvalue weighted by molar-refractivity contribution is -0.145. The number of hydrogen-bond acceptors (Lipinski definition) is 2. The van der Waals surface area contributed by atoms with Crippen molar-refractivity contribution in [3.05, 3.63) is 35.9 Å². The van der Waals surface area contributed by atoms with E-state index in [1.165, 1.54) is 109 Å². The number of benzene rings is 1. The molecular formula is C29H50O2. The highest BCUT2D eigenvalue weighted by molar-refractivity contribution is 5.69. The molecule has 0 saturated heterocycles. The number of carbonyl (C=O) groups is 1. The predicted molar refractivity (Wildman–Crippen MR) is 134 cm³/mol. The van der Waals surface area contributed by atoms with Crippen LogP contribution in [0.25, 0.3) is 0 Å². The van der Waals surface area contributed by atoms with Gasteiger partial charge in [-0.15, -0.1) is 0 Å². The van der Waals surface area contributed by atoms with E-state index in [0.29, 0.717) is 13.0 Å². The number of rotatable bonds is 22. The van der Waals surface area contributed by atoms with Crippen molar-refractivity contribution in [3.63, 3.8) is 0 Å². The van der Waals surface area contributed by atoms with Gasteiger partial charge in [-0.3, -0.25) is 4.79 Å². The minimum absolute atomic E-state index is 0.0594. The van der Waals surface area contributed by atoms with E-state index in [0.717, 1.165) is 18.4 Å². The van der Waals surface area contributed by atoms with Crippen molar-refractivity contribution in [2.75, 3.05) is 0 Å². The summed E-state index contributed by atoms with van der Waals surface area (Å²) < 4.78 is 5.33. The Hall–Kier alpha value is -1.31. The third kappa shape index (κ3) is 19.1. The highest BCUT2D eigenvalue weighted by Crippen LogP contribution is 2.15. The average Bonchev–Trinajstić information content (AvgIpc) is 2.80. The summed E-state index contributed by atoms with van der Waals surface area (Å²) in [6.07, 6.45) is 26.6. The van der Waals surface area contributed by atoms with Crippen molar-refractivity contribution in [3.8, 4) is 0 Å². The highest BCUT2D eigenvalue weighted by Gasteiger charge is 2.03. The van der Waals surface area contributed by atoms with Crippen molar-refractivity contribution < 1.29 is 9.53 Å². The van der Waals surface area contributed by atoms with E-state index < -0.39 is 0 Å². The van der Waals surface area contributed by atoms with Gasteiger partial charge in [0.2, 0.25) is 0 Å². The van der Waals surface area contributed by atoms with Crippen molar-refractivity contribution in [2.24, 2.45) is 0 Å². The van der Waals surface area contributed by atoms with Crippen LogP contribution in [0.3, 0.4) is 0 Å². The van der Waals surface area contributed by atoms with Crippen LogP contribution in [-0.2, 0) is 16.1 Å². The van der Waals surface area contributed by atoms with Gasteiger partial charge >= 0.3 is 5.97 Å². The quantitative estimate of drug-likeness (QED) is 0.135. The molecule has 2 nitrogen and oxygen atoms in total. The molecule has 1 aromatic carbocycles. The summed E-state index contributed by atoms with van der Waals surface area (Å²) in [7, 11) is 0. The Morgan fingerprint density at radius 3 is 1.39 bits per heavy atom. The maximum atomic E-state index is 11.8. The largest absolute Gasteiger partial charge is 0.461 e. The molecule has 0 fully saturated rings. The van der Waals surface area contributed by atoms with E-state index in [2.05, 4.69) is 6.92 Å². The lowest BCUT2D eigenvalue weighted by Crippen LogP contribution is -2.04. The fraction of sp³-hybridized carbons (Fsp3) is 0.759. The molecule has 0 spiro atoms. The first kappa shape index (κ1) is 27.7. The maximum absolute atomic E-state index is 11.8. The zero-order chi connectivity index (χ0) is 22.2. The molecule has 0 aliphatic rings. The molecule has 2 heteroatoms. The lowest BCUT2D eigenvalue weighted by Gasteiger charge is -2.05. The van der Waals surface area contributed by atoms with Crippen LogP contribution in [0.2, 0.25) is 0 Å². The monoisotopic (exact) mass is 430 g/mol. The Morgan fingerprint density at radius 2 is 0.968 bits per heavy atom. The summed E-state index contributed by atoms with van der Waals surface area (Å²) in [5.41, 5.74) is 1.06. The third-order valence-corrected chi connectivity index (χ3v) is 6.23. The molecular weight excluding hydrogens is 380 g/mol. The Morgan fingerprint density at radius 1 is 0.581 bits per heavy atom. The van der Waals surface area contributed by atoms with Crippen LogP contribution >= 0.6 is 0 Å². The van der Waals surface area contributed by atoms with E-state index in [-0.39, 0.29) is 5.97 Å². The van der Waals surface area contributed by atoms with Crippen LogP contribution in [0.4, 0.5) is 0 Å². The first-order valence-electron chi connectivity index (χ1n) is 13.5. The fourth-order valence-corrected chi connectivity index (χ4v) is 4.16. The van der Waals surface area contributed by atoms with Crippen molar-refractivity contribution >= 4 is 5.97 Å². The molecule has 0 atom stereocenters. The second-order valence-electron chi connectivity index (χ2n) is 9.26. The fourth-order valence-electron chi connectivity index (χ4n) is 4.16. The molecule has 0 N–H and O–H groups in total. The zero-order valence-corrected chi connectivity index (χ0v) is 20.6. The van der Waals surface area contributed by atoms with Crippen LogP contribution in [0.15, 0.2) is 30.3 Å². The van der Waals surface area contributed by atoms with Crippen molar-refractivity contribution in [1.29, 1.82) is 0 Å². The number of esters is 1. The van der Waals surface area contributed by atoms with Crippen LogP contribution in [0, 0.1) is 0 Å². The van der Waals surface area contributed by atoms with Crippen molar-refractivity contribution in [2.45, 2.75) is 142 Å². The molecule has 31 heavy (non-hydrogen) atoms. The van der Waals surface area contributed by atoms with E-state index in [1.54, 1.807) is 0 Å². The molecule has 0 amide bonds. The Kier molecular flexibility index (Phi) is 19.6. The molecule has 0 unspecified atom stereocenters. The molecule has 1 aromatic rings. The molecule has 0 radical (unpaired) electrons. The third-order valence-electron chi connectivity index (χ3n) is 6.23. The van der Waals surface area contributed by atoms with Crippen LogP contribution in [0.1, 0.15) is 141 Å². The summed E-state index contributed by atoms with van der Waals surface area (Å²) >= 11 is 0. The summed E-state index contributed by atoms with van der Waals surface area (Å²) in [5.74, 6) is -0.0594. The van der Waals surface area contributed by atoms with Gasteiger partial charge in [0.05, 0.1) is 0 Å². The van der Waals surface area contributed by atoms with Crippen molar-refractivity contribution in [1.82, 2.24) is 0 Å². The first-order chi connectivity index (χ1) is 15.3. The number of unbranched alkanes of at least 4 members (excludes halogenated alkanes) is 18. The summed E-state index contributed by atoms with van der Waals surface area (Å²) in [6.45, 7) is 2.69. The maximum Gasteiger partial charge on any atom is 0.306 e. The van der Waals surface area contributed by atoms with Gasteiger partial charge < -0.3 is 4.74 Å². The van der Waals surface area contributed by atoms with E-state index in [4.69, 9.17) is 4.74 Å². The molecule has 0 bridgehead atoms. The van der Waals surface area contributed by atoms with E-state index in [1.807, 2.05) is 30.3 Å². The van der Waals surface area contributed by atoms with Gasteiger partial charge in [0.25, 0.3) is 0 Å². The number of hydrogen-bond donors (Lipinski definition) is 0. The van der Waals surface area contributed by atoms with Gasteiger partial charge in [-0.05, 0) is 12.0 Å². The Labute approximate surface area is 193 Å². The topological polar surface area (TPSA) is 26.3 Å². The molecule has 0 saturated carbocycles. The normalized spacial score (nSPS) is 11.0. The molecule has 178 valence electrons. The van der Waals surface area contributed by atoms with Gasteiger partial charge in [0.1, 0.15) is 6.61 Å². The molecule has 0 aliphatic carbocycles. The van der Waals surface area contributed by atoms with Gasteiger partial charge in [-0.2, -0.15) is 0 Å². The minimum Gasteiger partial charge on any atom is -0.461 e. The van der Waals surface area contributed by atoms with Gasteiger partial charge in [0.15, 0.2) is 0 Å². The van der Waals surface area contributed by atoms with Gasteiger partial charge in [-0.25, -0.2) is 0 Å². The molecule has 1 rings (SSSR count). The molecule has 0 aliphatic heterocycles. The summed E-state index contributed by atoms with van der Waals surface area (Å²) in [6, 6.07) is 9.90. The highest BCUT2D eigenvalue weighted by atomic mass is 16.5. The Bertz CT molecular complexity index is 497. The predicted octanol–water partition coefficient (Wildman–Crippen LogP) is 9.55. The summed E-state index contributed by atoms with van der Waals surface area (Å²) in [5, 5.41) is 0. The number of ether oxygens (including phenoxy) is 1. The van der Waals surface area contributed by atoms with Crippen LogP contribution < -0.4 is 0 Å². The minimum atomic E-state index is -0.0594. The van der Waals surface area contributed by atoms with E-state index in [9.17, 15) is 4.79 Å². The smallest absolute Gasteiger partial charge is 0.306 e. The standard InChI is InChI=1S/C29H50O2/c1-2-3-4-5-6-7-8-9-10-11-12-13-14-15-16-17-18-19-23-26-29(30)31-27-28-24-21-20-22-25-28/h20-22,24-25H,2-19,23,26-27H2,1H3. The first-order valence-corrected chi connectivity index (χ1v) is 13.5. The Balaban J connectivity index is 1.72. The van der Waals surface area contributed by atoms with Gasteiger partial charge in [0, 0.05) is 6.42 Å². The second-order valence-corrected chi connectivity index (χ2v) is 9.26.